The molecule has 0 saturated carbocycles. The summed E-state index contributed by atoms with van der Waals surface area (Å²) in [5.41, 5.74) is 0.566. The number of carbonyl (C=O) groups is 1. The van der Waals surface area contributed by atoms with E-state index in [0.29, 0.717) is 12.1 Å². The number of nitrogens with zero attached hydrogens (tertiary/aromatic N) is 1. The maximum atomic E-state index is 11.6. The number of rotatable bonds is 4. The summed E-state index contributed by atoms with van der Waals surface area (Å²) in [5.74, 6) is -0.0643. The average Bonchev–Trinajstić information content (AvgIpc) is 2.49. The first kappa shape index (κ1) is 11.7. The van der Waals surface area contributed by atoms with Gasteiger partial charge in [-0.05, 0) is 27.2 Å². The fourth-order valence-corrected chi connectivity index (χ4v) is 1.38. The van der Waals surface area contributed by atoms with Gasteiger partial charge in [-0.3, -0.25) is 4.79 Å². The van der Waals surface area contributed by atoms with Crippen LogP contribution in [-0.4, -0.2) is 28.1 Å². The van der Waals surface area contributed by atoms with Gasteiger partial charge < -0.3 is 14.8 Å². The van der Waals surface area contributed by atoms with Gasteiger partial charge in [-0.2, -0.15) is 0 Å². The Kier molecular flexibility index (Phi) is 3.85. The quantitative estimate of drug-likeness (QED) is 0.776. The van der Waals surface area contributed by atoms with Gasteiger partial charge in [0, 0.05) is 6.04 Å². The summed E-state index contributed by atoms with van der Waals surface area (Å²) in [6.45, 7) is 5.22. The van der Waals surface area contributed by atoms with E-state index in [1.54, 1.807) is 13.8 Å². The van der Waals surface area contributed by atoms with Crippen LogP contribution in [0.1, 0.15) is 36.5 Å². The molecule has 84 valence electrons. The lowest BCUT2D eigenvalue weighted by molar-refractivity contribution is 0.0894. The summed E-state index contributed by atoms with van der Waals surface area (Å²) in [7, 11) is 0. The standard InChI is InChI=1S/C10H16N2O3/c1-6(4-7(2)13)12-10(14)9-8(3)11-5-15-9/h5-7,13H,4H2,1-3H3,(H,12,14). The number of aromatic nitrogens is 1. The molecule has 1 rings (SSSR count). The van der Waals surface area contributed by atoms with Gasteiger partial charge in [-0.1, -0.05) is 0 Å². The van der Waals surface area contributed by atoms with E-state index in [1.807, 2.05) is 6.92 Å². The second-order valence-corrected chi connectivity index (χ2v) is 3.73. The number of aliphatic hydroxyl groups excluding tert-OH is 1. The number of carbonyl (C=O) groups excluding carboxylic acids is 1. The molecule has 5 heteroatoms. The number of oxazole rings is 1. The van der Waals surface area contributed by atoms with E-state index in [2.05, 4.69) is 10.3 Å². The van der Waals surface area contributed by atoms with Crippen LogP contribution in [0.4, 0.5) is 0 Å². The SMILES string of the molecule is Cc1ncoc1C(=O)NC(C)CC(C)O. The molecule has 0 aliphatic carbocycles. The molecule has 2 unspecified atom stereocenters. The van der Waals surface area contributed by atoms with Crippen LogP contribution in [0.3, 0.4) is 0 Å². The lowest BCUT2D eigenvalue weighted by Gasteiger charge is -2.14. The van der Waals surface area contributed by atoms with Crippen LogP contribution < -0.4 is 5.32 Å². The molecule has 2 N–H and O–H groups in total. The molecule has 0 saturated heterocycles. The van der Waals surface area contributed by atoms with Crippen molar-refractivity contribution in [1.82, 2.24) is 10.3 Å². The molecule has 0 spiro atoms. The van der Waals surface area contributed by atoms with Crippen LogP contribution in [0.25, 0.3) is 0 Å². The van der Waals surface area contributed by atoms with Crippen molar-refractivity contribution in [3.05, 3.63) is 17.8 Å². The smallest absolute Gasteiger partial charge is 0.289 e. The largest absolute Gasteiger partial charge is 0.438 e. The average molecular weight is 212 g/mol. The lowest BCUT2D eigenvalue weighted by atomic mass is 10.1. The third-order valence-corrected chi connectivity index (χ3v) is 2.02. The molecule has 1 amide bonds. The third kappa shape index (κ3) is 3.36. The molecule has 0 radical (unpaired) electrons. The van der Waals surface area contributed by atoms with E-state index < -0.39 is 6.10 Å². The number of amides is 1. The Morgan fingerprint density at radius 1 is 1.67 bits per heavy atom. The molecule has 0 aliphatic heterocycles. The predicted octanol–water partition coefficient (Wildman–Crippen LogP) is 0.872. The Morgan fingerprint density at radius 3 is 2.80 bits per heavy atom. The molecule has 0 aliphatic rings. The topological polar surface area (TPSA) is 75.4 Å². The minimum absolute atomic E-state index is 0.0954. The zero-order valence-corrected chi connectivity index (χ0v) is 9.15. The minimum Gasteiger partial charge on any atom is -0.438 e. The maximum Gasteiger partial charge on any atom is 0.289 e. The van der Waals surface area contributed by atoms with E-state index in [-0.39, 0.29) is 17.7 Å². The first-order valence-electron chi connectivity index (χ1n) is 4.89. The normalized spacial score (nSPS) is 14.7. The monoisotopic (exact) mass is 212 g/mol. The van der Waals surface area contributed by atoms with Crippen LogP contribution in [-0.2, 0) is 0 Å². The third-order valence-electron chi connectivity index (χ3n) is 2.02. The van der Waals surface area contributed by atoms with Crippen LogP contribution in [0.5, 0.6) is 0 Å². The number of hydrogen-bond donors (Lipinski definition) is 2. The van der Waals surface area contributed by atoms with Gasteiger partial charge in [-0.15, -0.1) is 0 Å². The van der Waals surface area contributed by atoms with Crippen LogP contribution in [0.15, 0.2) is 10.8 Å². The number of aliphatic hydroxyl groups is 1. The highest BCUT2D eigenvalue weighted by Crippen LogP contribution is 2.06. The van der Waals surface area contributed by atoms with Gasteiger partial charge in [0.05, 0.1) is 11.8 Å². The first-order valence-corrected chi connectivity index (χ1v) is 4.89. The Balaban J connectivity index is 2.53. The Labute approximate surface area is 88.5 Å². The van der Waals surface area contributed by atoms with Gasteiger partial charge in [0.15, 0.2) is 6.39 Å². The molecule has 15 heavy (non-hydrogen) atoms. The van der Waals surface area contributed by atoms with Crippen molar-refractivity contribution in [1.29, 1.82) is 0 Å². The van der Waals surface area contributed by atoms with E-state index in [0.717, 1.165) is 0 Å². The molecule has 0 fully saturated rings. The highest BCUT2D eigenvalue weighted by Gasteiger charge is 2.16. The molecule has 5 nitrogen and oxygen atoms in total. The summed E-state index contributed by atoms with van der Waals surface area (Å²) in [5, 5.41) is 11.9. The lowest BCUT2D eigenvalue weighted by Crippen LogP contribution is -2.34. The summed E-state index contributed by atoms with van der Waals surface area (Å²) >= 11 is 0. The first-order chi connectivity index (χ1) is 7.00. The second-order valence-electron chi connectivity index (χ2n) is 3.73. The zero-order valence-electron chi connectivity index (χ0n) is 9.15. The van der Waals surface area contributed by atoms with Crippen LogP contribution in [0.2, 0.25) is 0 Å². The van der Waals surface area contributed by atoms with Crippen molar-refractivity contribution < 1.29 is 14.3 Å². The van der Waals surface area contributed by atoms with E-state index in [1.165, 1.54) is 6.39 Å². The van der Waals surface area contributed by atoms with Gasteiger partial charge in [-0.25, -0.2) is 4.98 Å². The molecule has 1 heterocycles. The molecule has 1 aromatic heterocycles. The highest BCUT2D eigenvalue weighted by molar-refractivity contribution is 5.92. The van der Waals surface area contributed by atoms with Gasteiger partial charge >= 0.3 is 0 Å². The van der Waals surface area contributed by atoms with Crippen molar-refractivity contribution in [2.24, 2.45) is 0 Å². The van der Waals surface area contributed by atoms with E-state index in [9.17, 15) is 4.79 Å². The van der Waals surface area contributed by atoms with Crippen molar-refractivity contribution in [2.45, 2.75) is 39.3 Å². The van der Waals surface area contributed by atoms with Crippen LogP contribution >= 0.6 is 0 Å². The fourth-order valence-electron chi connectivity index (χ4n) is 1.38. The highest BCUT2D eigenvalue weighted by atomic mass is 16.3. The summed E-state index contributed by atoms with van der Waals surface area (Å²) in [6, 6.07) is -0.0954. The zero-order chi connectivity index (χ0) is 11.4. The summed E-state index contributed by atoms with van der Waals surface area (Å²) in [6.07, 6.45) is 1.32. The number of aryl methyl sites for hydroxylation is 1. The summed E-state index contributed by atoms with van der Waals surface area (Å²) < 4.78 is 4.95. The van der Waals surface area contributed by atoms with E-state index in [4.69, 9.17) is 9.52 Å². The fraction of sp³-hybridized carbons (Fsp3) is 0.600. The summed E-state index contributed by atoms with van der Waals surface area (Å²) in [4.78, 5) is 15.4. The van der Waals surface area contributed by atoms with Crippen molar-refractivity contribution >= 4 is 5.91 Å². The van der Waals surface area contributed by atoms with Crippen molar-refractivity contribution in [3.8, 4) is 0 Å². The van der Waals surface area contributed by atoms with Gasteiger partial charge in [0.25, 0.3) is 5.91 Å². The number of nitrogens with one attached hydrogen (secondary N) is 1. The number of hydrogen-bond acceptors (Lipinski definition) is 4. The molecule has 0 aromatic carbocycles. The maximum absolute atomic E-state index is 11.6. The Bertz CT molecular complexity index is 333. The predicted molar refractivity (Wildman–Crippen MR) is 54.5 cm³/mol. The molecular weight excluding hydrogens is 196 g/mol. The molecule has 1 aromatic rings. The Morgan fingerprint density at radius 2 is 2.33 bits per heavy atom. The van der Waals surface area contributed by atoms with E-state index >= 15 is 0 Å². The molecule has 0 bridgehead atoms. The van der Waals surface area contributed by atoms with Gasteiger partial charge in [0.1, 0.15) is 0 Å². The van der Waals surface area contributed by atoms with Crippen LogP contribution in [0, 0.1) is 6.92 Å². The minimum atomic E-state index is -0.434. The Hall–Kier alpha value is -1.36. The van der Waals surface area contributed by atoms with Crippen molar-refractivity contribution in [2.75, 3.05) is 0 Å². The molecule has 2 atom stereocenters. The second kappa shape index (κ2) is 4.93. The molecular formula is C10H16N2O3. The van der Waals surface area contributed by atoms with Crippen molar-refractivity contribution in [3.63, 3.8) is 0 Å². The van der Waals surface area contributed by atoms with Gasteiger partial charge in [0.2, 0.25) is 5.76 Å².